The van der Waals surface area contributed by atoms with E-state index in [1.807, 2.05) is 19.5 Å². The lowest BCUT2D eigenvalue weighted by Crippen LogP contribution is -2.23. The fraction of sp³-hybridized carbons (Fsp3) is 0.312. The van der Waals surface area contributed by atoms with Crippen molar-refractivity contribution in [2.75, 3.05) is 19.0 Å². The monoisotopic (exact) mass is 288 g/mol. The van der Waals surface area contributed by atoms with Crippen LogP contribution in [-0.2, 0) is 17.8 Å². The van der Waals surface area contributed by atoms with Gasteiger partial charge in [-0.05, 0) is 46.5 Å². The highest BCUT2D eigenvalue weighted by molar-refractivity contribution is 7.07. The van der Waals surface area contributed by atoms with Crippen LogP contribution in [0.2, 0.25) is 0 Å². The highest BCUT2D eigenvalue weighted by Gasteiger charge is 2.03. The van der Waals surface area contributed by atoms with E-state index in [4.69, 9.17) is 0 Å². The molecule has 1 aromatic heterocycles. The van der Waals surface area contributed by atoms with E-state index in [9.17, 15) is 4.79 Å². The number of benzene rings is 1. The van der Waals surface area contributed by atoms with Gasteiger partial charge < -0.3 is 10.2 Å². The third kappa shape index (κ3) is 4.38. The van der Waals surface area contributed by atoms with Crippen LogP contribution in [0.3, 0.4) is 0 Å². The van der Waals surface area contributed by atoms with E-state index >= 15 is 0 Å². The minimum atomic E-state index is 0.105. The molecule has 1 N–H and O–H groups in total. The van der Waals surface area contributed by atoms with Crippen LogP contribution in [-0.4, -0.2) is 20.0 Å². The average Bonchev–Trinajstić information content (AvgIpc) is 2.96. The normalized spacial score (nSPS) is 10.3. The highest BCUT2D eigenvalue weighted by Crippen LogP contribution is 2.12. The first-order valence-electron chi connectivity index (χ1n) is 6.69. The quantitative estimate of drug-likeness (QED) is 0.886. The van der Waals surface area contributed by atoms with Crippen molar-refractivity contribution in [2.45, 2.75) is 19.4 Å². The molecule has 3 nitrogen and oxygen atoms in total. The number of amides is 1. The summed E-state index contributed by atoms with van der Waals surface area (Å²) < 4.78 is 0. The summed E-state index contributed by atoms with van der Waals surface area (Å²) in [5, 5.41) is 7.09. The maximum atomic E-state index is 11.8. The third-order valence-corrected chi connectivity index (χ3v) is 3.90. The van der Waals surface area contributed by atoms with E-state index in [1.54, 1.807) is 11.3 Å². The zero-order chi connectivity index (χ0) is 14.4. The van der Waals surface area contributed by atoms with E-state index < -0.39 is 0 Å². The number of rotatable bonds is 6. The Morgan fingerprint density at radius 2 is 1.90 bits per heavy atom. The van der Waals surface area contributed by atoms with Crippen LogP contribution in [0.15, 0.2) is 41.1 Å². The fourth-order valence-corrected chi connectivity index (χ4v) is 2.60. The van der Waals surface area contributed by atoms with Crippen molar-refractivity contribution in [2.24, 2.45) is 0 Å². The van der Waals surface area contributed by atoms with Crippen LogP contribution < -0.4 is 10.2 Å². The van der Waals surface area contributed by atoms with Crippen molar-refractivity contribution >= 4 is 22.9 Å². The summed E-state index contributed by atoms with van der Waals surface area (Å²) in [7, 11) is 4.03. The smallest absolute Gasteiger partial charge is 0.220 e. The first-order valence-corrected chi connectivity index (χ1v) is 7.63. The zero-order valence-electron chi connectivity index (χ0n) is 11.9. The van der Waals surface area contributed by atoms with Gasteiger partial charge >= 0.3 is 0 Å². The van der Waals surface area contributed by atoms with Crippen molar-refractivity contribution in [3.63, 3.8) is 0 Å². The van der Waals surface area contributed by atoms with Crippen LogP contribution in [0.5, 0.6) is 0 Å². The molecular formula is C16H20N2OS. The number of anilines is 1. The predicted molar refractivity (Wildman–Crippen MR) is 85.3 cm³/mol. The first-order chi connectivity index (χ1) is 9.65. The van der Waals surface area contributed by atoms with Crippen molar-refractivity contribution < 1.29 is 4.79 Å². The van der Waals surface area contributed by atoms with E-state index in [0.717, 1.165) is 17.7 Å². The molecule has 0 unspecified atom stereocenters. The van der Waals surface area contributed by atoms with E-state index in [-0.39, 0.29) is 5.91 Å². The molecule has 0 aliphatic rings. The van der Waals surface area contributed by atoms with Gasteiger partial charge in [-0.15, -0.1) is 0 Å². The molecule has 0 bridgehead atoms. The second kappa shape index (κ2) is 7.10. The summed E-state index contributed by atoms with van der Waals surface area (Å²) in [6.07, 6.45) is 1.36. The number of carbonyl (C=O) groups excluding carboxylic acids is 1. The van der Waals surface area contributed by atoms with Crippen LogP contribution in [0.25, 0.3) is 0 Å². The van der Waals surface area contributed by atoms with Crippen LogP contribution in [0.4, 0.5) is 5.69 Å². The Bertz CT molecular complexity index is 532. The van der Waals surface area contributed by atoms with Crippen molar-refractivity contribution in [3.05, 3.63) is 52.2 Å². The predicted octanol–water partition coefficient (Wildman–Crippen LogP) is 3.06. The number of hydrogen-bond acceptors (Lipinski definition) is 3. The van der Waals surface area contributed by atoms with Gasteiger partial charge in [-0.2, -0.15) is 11.3 Å². The van der Waals surface area contributed by atoms with Crippen molar-refractivity contribution in [1.82, 2.24) is 5.32 Å². The first kappa shape index (κ1) is 14.6. The summed E-state index contributed by atoms with van der Waals surface area (Å²) in [5.41, 5.74) is 3.53. The number of thiophene rings is 1. The lowest BCUT2D eigenvalue weighted by atomic mass is 10.1. The minimum absolute atomic E-state index is 0.105. The molecule has 0 aliphatic heterocycles. The van der Waals surface area contributed by atoms with Crippen molar-refractivity contribution in [3.8, 4) is 0 Å². The number of carbonyl (C=O) groups is 1. The lowest BCUT2D eigenvalue weighted by molar-refractivity contribution is -0.121. The molecule has 1 aromatic carbocycles. The standard InChI is InChI=1S/C16H20N2OS/c1-18(2)15-6-3-13(4-7-15)11-17-16(19)8-5-14-9-10-20-12-14/h3-4,6-7,9-10,12H,5,8,11H2,1-2H3,(H,17,19). The Kier molecular flexibility index (Phi) is 5.18. The zero-order valence-corrected chi connectivity index (χ0v) is 12.7. The third-order valence-electron chi connectivity index (χ3n) is 3.16. The molecule has 2 rings (SSSR count). The fourth-order valence-electron chi connectivity index (χ4n) is 1.89. The van der Waals surface area contributed by atoms with Gasteiger partial charge in [-0.1, -0.05) is 12.1 Å². The van der Waals surface area contributed by atoms with Gasteiger partial charge in [0.05, 0.1) is 0 Å². The van der Waals surface area contributed by atoms with Crippen LogP contribution >= 0.6 is 11.3 Å². The molecule has 0 saturated carbocycles. The molecule has 106 valence electrons. The van der Waals surface area contributed by atoms with Gasteiger partial charge in [0.2, 0.25) is 5.91 Å². The molecule has 0 spiro atoms. The molecule has 2 aromatic rings. The maximum absolute atomic E-state index is 11.8. The Balaban J connectivity index is 1.75. The highest BCUT2D eigenvalue weighted by atomic mass is 32.1. The van der Waals surface area contributed by atoms with Gasteiger partial charge in [0.1, 0.15) is 0 Å². The summed E-state index contributed by atoms with van der Waals surface area (Å²) in [6, 6.07) is 10.3. The molecule has 0 fully saturated rings. The lowest BCUT2D eigenvalue weighted by Gasteiger charge is -2.12. The number of nitrogens with one attached hydrogen (secondary N) is 1. The molecule has 0 atom stereocenters. The molecule has 0 radical (unpaired) electrons. The van der Waals surface area contributed by atoms with E-state index in [0.29, 0.717) is 13.0 Å². The second-order valence-corrected chi connectivity index (χ2v) is 5.75. The maximum Gasteiger partial charge on any atom is 0.220 e. The molecule has 20 heavy (non-hydrogen) atoms. The molecule has 1 heterocycles. The van der Waals surface area contributed by atoms with Gasteiger partial charge in [0.25, 0.3) is 0 Å². The molecule has 4 heteroatoms. The average molecular weight is 288 g/mol. The summed E-state index contributed by atoms with van der Waals surface area (Å²) in [4.78, 5) is 13.8. The Hall–Kier alpha value is -1.81. The summed E-state index contributed by atoms with van der Waals surface area (Å²) >= 11 is 1.67. The van der Waals surface area contributed by atoms with E-state index in [2.05, 4.69) is 45.9 Å². The van der Waals surface area contributed by atoms with Gasteiger partial charge in [-0.3, -0.25) is 4.79 Å². The molecule has 1 amide bonds. The largest absolute Gasteiger partial charge is 0.378 e. The van der Waals surface area contributed by atoms with E-state index in [1.165, 1.54) is 5.56 Å². The van der Waals surface area contributed by atoms with Gasteiger partial charge in [0.15, 0.2) is 0 Å². The van der Waals surface area contributed by atoms with Gasteiger partial charge in [0, 0.05) is 32.7 Å². The summed E-state index contributed by atoms with van der Waals surface area (Å²) in [5.74, 6) is 0.105. The number of hydrogen-bond donors (Lipinski definition) is 1. The van der Waals surface area contributed by atoms with Crippen LogP contribution in [0, 0.1) is 0 Å². The minimum Gasteiger partial charge on any atom is -0.378 e. The summed E-state index contributed by atoms with van der Waals surface area (Å²) in [6.45, 7) is 0.593. The molecule has 0 saturated heterocycles. The number of nitrogens with zero attached hydrogens (tertiary/aromatic N) is 1. The molecule has 0 aliphatic carbocycles. The number of aryl methyl sites for hydroxylation is 1. The van der Waals surface area contributed by atoms with Crippen LogP contribution in [0.1, 0.15) is 17.5 Å². The Morgan fingerprint density at radius 3 is 2.50 bits per heavy atom. The molecular weight excluding hydrogens is 268 g/mol. The second-order valence-electron chi connectivity index (χ2n) is 4.97. The SMILES string of the molecule is CN(C)c1ccc(CNC(=O)CCc2ccsc2)cc1. The van der Waals surface area contributed by atoms with Crippen molar-refractivity contribution in [1.29, 1.82) is 0 Å². The Labute approximate surface area is 124 Å². The topological polar surface area (TPSA) is 32.3 Å². The van der Waals surface area contributed by atoms with Gasteiger partial charge in [-0.25, -0.2) is 0 Å². The Morgan fingerprint density at radius 1 is 1.15 bits per heavy atom.